The highest BCUT2D eigenvalue weighted by molar-refractivity contribution is 5.96. The van der Waals surface area contributed by atoms with Crippen molar-refractivity contribution in [2.24, 2.45) is 0 Å². The molecule has 0 aliphatic heterocycles. The number of carbonyl (C=O) groups is 1. The van der Waals surface area contributed by atoms with E-state index >= 15 is 0 Å². The van der Waals surface area contributed by atoms with Gasteiger partial charge in [0, 0.05) is 36.3 Å². The number of rotatable bonds is 7. The van der Waals surface area contributed by atoms with Crippen LogP contribution in [0.2, 0.25) is 0 Å². The van der Waals surface area contributed by atoms with E-state index in [1.165, 1.54) is 23.9 Å². The SMILES string of the molecule is Cc1cccc(CNCc2cn(Cc3ccc(F)cc3F)c3cnc(C(=O)NO)cc23)c1. The molecular weight excluding hydrogens is 414 g/mol. The molecule has 2 heterocycles. The average molecular weight is 436 g/mol. The van der Waals surface area contributed by atoms with Crippen molar-refractivity contribution < 1.29 is 18.8 Å². The number of aromatic nitrogens is 2. The van der Waals surface area contributed by atoms with Crippen LogP contribution in [0, 0.1) is 18.6 Å². The minimum absolute atomic E-state index is 0.0608. The van der Waals surface area contributed by atoms with Crippen LogP contribution in [0.15, 0.2) is 60.9 Å². The monoisotopic (exact) mass is 436 g/mol. The number of hydroxylamine groups is 1. The highest BCUT2D eigenvalue weighted by Gasteiger charge is 2.15. The van der Waals surface area contributed by atoms with Crippen LogP contribution < -0.4 is 10.8 Å². The Balaban J connectivity index is 1.65. The number of halogens is 2. The van der Waals surface area contributed by atoms with Crippen molar-refractivity contribution in [3.63, 3.8) is 0 Å². The first-order valence-corrected chi connectivity index (χ1v) is 10.1. The molecule has 0 spiro atoms. The molecule has 3 N–H and O–H groups in total. The first kappa shape index (κ1) is 21.6. The van der Waals surface area contributed by atoms with Crippen LogP contribution in [0.5, 0.6) is 0 Å². The summed E-state index contributed by atoms with van der Waals surface area (Å²) in [5.74, 6) is -1.98. The number of nitrogens with one attached hydrogen (secondary N) is 2. The van der Waals surface area contributed by atoms with Crippen LogP contribution >= 0.6 is 0 Å². The second-order valence-electron chi connectivity index (χ2n) is 7.64. The normalized spacial score (nSPS) is 11.1. The Bertz CT molecular complexity index is 1290. The Morgan fingerprint density at radius 3 is 2.69 bits per heavy atom. The van der Waals surface area contributed by atoms with Gasteiger partial charge in [-0.15, -0.1) is 0 Å². The van der Waals surface area contributed by atoms with E-state index in [2.05, 4.69) is 16.4 Å². The Morgan fingerprint density at radius 2 is 1.94 bits per heavy atom. The molecule has 0 bridgehead atoms. The fraction of sp³-hybridized carbons (Fsp3) is 0.167. The van der Waals surface area contributed by atoms with Gasteiger partial charge in [-0.2, -0.15) is 0 Å². The van der Waals surface area contributed by atoms with E-state index in [0.717, 1.165) is 22.6 Å². The van der Waals surface area contributed by atoms with E-state index in [1.807, 2.05) is 35.9 Å². The first-order valence-electron chi connectivity index (χ1n) is 10.1. The third-order valence-corrected chi connectivity index (χ3v) is 5.27. The number of aryl methyl sites for hydroxylation is 1. The molecule has 4 rings (SSSR count). The second kappa shape index (κ2) is 9.25. The summed E-state index contributed by atoms with van der Waals surface area (Å²) in [6.45, 7) is 3.35. The van der Waals surface area contributed by atoms with Crippen LogP contribution in [0.4, 0.5) is 8.78 Å². The van der Waals surface area contributed by atoms with Gasteiger partial charge in [0.1, 0.15) is 17.3 Å². The van der Waals surface area contributed by atoms with E-state index in [0.29, 0.717) is 24.2 Å². The van der Waals surface area contributed by atoms with E-state index in [-0.39, 0.29) is 12.2 Å². The molecule has 2 aromatic heterocycles. The van der Waals surface area contributed by atoms with Gasteiger partial charge in [-0.05, 0) is 30.2 Å². The van der Waals surface area contributed by atoms with Gasteiger partial charge in [-0.25, -0.2) is 19.2 Å². The maximum absolute atomic E-state index is 14.2. The van der Waals surface area contributed by atoms with Crippen molar-refractivity contribution in [3.05, 3.63) is 101 Å². The maximum atomic E-state index is 14.2. The van der Waals surface area contributed by atoms with E-state index in [4.69, 9.17) is 5.21 Å². The average Bonchev–Trinajstić information content (AvgIpc) is 3.12. The van der Waals surface area contributed by atoms with Crippen LogP contribution in [0.25, 0.3) is 10.9 Å². The number of amides is 1. The first-order chi connectivity index (χ1) is 15.4. The minimum atomic E-state index is -0.720. The van der Waals surface area contributed by atoms with Crippen molar-refractivity contribution in [3.8, 4) is 0 Å². The standard InChI is InChI=1S/C24H22F2N4O2/c1-15-3-2-4-16(7-15)10-27-11-18-14-30(13-17-5-6-19(25)8-21(17)26)23-12-28-22(9-20(18)23)24(31)29-32/h2-9,12,14,27,32H,10-11,13H2,1H3,(H,29,31). The third kappa shape index (κ3) is 4.66. The lowest BCUT2D eigenvalue weighted by Crippen LogP contribution is -2.19. The molecule has 0 atom stereocenters. The molecule has 0 aliphatic rings. The lowest BCUT2D eigenvalue weighted by molar-refractivity contribution is 0.0701. The molecule has 164 valence electrons. The lowest BCUT2D eigenvalue weighted by atomic mass is 10.1. The van der Waals surface area contributed by atoms with Crippen molar-refractivity contribution in [1.82, 2.24) is 20.3 Å². The topological polar surface area (TPSA) is 79.2 Å². The van der Waals surface area contributed by atoms with Crippen LogP contribution in [-0.2, 0) is 19.6 Å². The summed E-state index contributed by atoms with van der Waals surface area (Å²) in [5.41, 5.74) is 5.87. The lowest BCUT2D eigenvalue weighted by Gasteiger charge is -2.07. The number of hydrogen-bond donors (Lipinski definition) is 3. The molecule has 4 aromatic rings. The molecule has 0 saturated heterocycles. The number of pyridine rings is 1. The summed E-state index contributed by atoms with van der Waals surface area (Å²) < 4.78 is 29.3. The number of carbonyl (C=O) groups excluding carboxylic acids is 1. The predicted molar refractivity (Wildman–Crippen MR) is 116 cm³/mol. The highest BCUT2D eigenvalue weighted by Crippen LogP contribution is 2.24. The summed E-state index contributed by atoms with van der Waals surface area (Å²) in [7, 11) is 0. The molecule has 0 unspecified atom stereocenters. The molecule has 6 nitrogen and oxygen atoms in total. The molecule has 0 saturated carbocycles. The Labute approximate surface area is 183 Å². The third-order valence-electron chi connectivity index (χ3n) is 5.27. The largest absolute Gasteiger partial charge is 0.341 e. The summed E-state index contributed by atoms with van der Waals surface area (Å²) in [6, 6.07) is 13.2. The molecule has 8 heteroatoms. The van der Waals surface area contributed by atoms with Gasteiger partial charge >= 0.3 is 0 Å². The summed E-state index contributed by atoms with van der Waals surface area (Å²) in [5, 5.41) is 13.1. The molecule has 0 radical (unpaired) electrons. The molecule has 2 aromatic carbocycles. The number of benzene rings is 2. The number of fused-ring (bicyclic) bond motifs is 1. The summed E-state index contributed by atoms with van der Waals surface area (Å²) in [4.78, 5) is 15.9. The van der Waals surface area contributed by atoms with E-state index < -0.39 is 17.5 Å². The van der Waals surface area contributed by atoms with Gasteiger partial charge < -0.3 is 9.88 Å². The summed E-state index contributed by atoms with van der Waals surface area (Å²) >= 11 is 0. The Kier molecular flexibility index (Phi) is 6.25. The molecule has 0 aliphatic carbocycles. The van der Waals surface area contributed by atoms with Gasteiger partial charge in [0.25, 0.3) is 5.91 Å². The van der Waals surface area contributed by atoms with Crippen LogP contribution in [0.1, 0.15) is 32.7 Å². The predicted octanol–water partition coefficient (Wildman–Crippen LogP) is 4.08. The smallest absolute Gasteiger partial charge is 0.293 e. The molecule has 0 fully saturated rings. The Hall–Kier alpha value is -3.62. The van der Waals surface area contributed by atoms with Crippen molar-refractivity contribution >= 4 is 16.8 Å². The zero-order valence-corrected chi connectivity index (χ0v) is 17.4. The second-order valence-corrected chi connectivity index (χ2v) is 7.64. The zero-order valence-electron chi connectivity index (χ0n) is 17.4. The summed E-state index contributed by atoms with van der Waals surface area (Å²) in [6.07, 6.45) is 3.37. The number of nitrogens with zero attached hydrogens (tertiary/aromatic N) is 2. The van der Waals surface area contributed by atoms with Crippen LogP contribution in [0.3, 0.4) is 0 Å². The maximum Gasteiger partial charge on any atom is 0.293 e. The van der Waals surface area contributed by atoms with Crippen molar-refractivity contribution in [2.45, 2.75) is 26.6 Å². The van der Waals surface area contributed by atoms with Crippen LogP contribution in [-0.4, -0.2) is 20.7 Å². The van der Waals surface area contributed by atoms with E-state index in [1.54, 1.807) is 11.5 Å². The van der Waals surface area contributed by atoms with Gasteiger partial charge in [0.15, 0.2) is 0 Å². The number of hydrogen-bond acceptors (Lipinski definition) is 4. The van der Waals surface area contributed by atoms with Gasteiger partial charge in [-0.1, -0.05) is 35.9 Å². The quantitative estimate of drug-likeness (QED) is 0.301. The highest BCUT2D eigenvalue weighted by atomic mass is 19.1. The van der Waals surface area contributed by atoms with Gasteiger partial charge in [-0.3, -0.25) is 10.0 Å². The molecular formula is C24H22F2N4O2. The zero-order chi connectivity index (χ0) is 22.7. The fourth-order valence-electron chi connectivity index (χ4n) is 3.71. The van der Waals surface area contributed by atoms with Crippen molar-refractivity contribution in [2.75, 3.05) is 0 Å². The fourth-order valence-corrected chi connectivity index (χ4v) is 3.71. The van der Waals surface area contributed by atoms with Crippen molar-refractivity contribution in [1.29, 1.82) is 0 Å². The van der Waals surface area contributed by atoms with E-state index in [9.17, 15) is 13.6 Å². The Morgan fingerprint density at radius 1 is 1.09 bits per heavy atom. The molecule has 32 heavy (non-hydrogen) atoms. The van der Waals surface area contributed by atoms with Gasteiger partial charge in [0.05, 0.1) is 18.3 Å². The molecule has 1 amide bonds. The minimum Gasteiger partial charge on any atom is -0.341 e. The van der Waals surface area contributed by atoms with Gasteiger partial charge in [0.2, 0.25) is 0 Å².